The van der Waals surface area contributed by atoms with Crippen LogP contribution in [0.4, 0.5) is 0 Å². The van der Waals surface area contributed by atoms with E-state index in [1.807, 2.05) is 6.07 Å². The highest BCUT2D eigenvalue weighted by Crippen LogP contribution is 2.21. The molecule has 0 bridgehead atoms. The van der Waals surface area contributed by atoms with Crippen LogP contribution < -0.4 is 0 Å². The predicted molar refractivity (Wildman–Crippen MR) is 63.4 cm³/mol. The van der Waals surface area contributed by atoms with Crippen LogP contribution in [0.3, 0.4) is 0 Å². The van der Waals surface area contributed by atoms with E-state index in [2.05, 4.69) is 31.2 Å². The normalized spacial score (nSPS) is 12.6. The molecule has 1 N–H and O–H groups in total. The number of aliphatic hydroxyl groups excluding tert-OH is 1. The molecule has 1 heterocycles. The van der Waals surface area contributed by atoms with Crippen LogP contribution in [0.15, 0.2) is 47.3 Å². The fourth-order valence-corrected chi connectivity index (χ4v) is 1.82. The van der Waals surface area contributed by atoms with Crippen molar-refractivity contribution < 1.29 is 9.52 Å². The van der Waals surface area contributed by atoms with Crippen LogP contribution in [-0.4, -0.2) is 11.7 Å². The Morgan fingerprint density at radius 2 is 1.94 bits per heavy atom. The van der Waals surface area contributed by atoms with E-state index in [0.29, 0.717) is 0 Å². The standard InChI is InChI=1S/C14H16O2/c1-11-2-4-13(5-3-11)14(9-15)8-12-6-7-16-10-12/h2-7,10,14-15H,8-9H2,1H3. The first-order valence-corrected chi connectivity index (χ1v) is 5.48. The summed E-state index contributed by atoms with van der Waals surface area (Å²) in [5.74, 6) is 0.151. The minimum atomic E-state index is 0.151. The molecule has 2 aromatic rings. The summed E-state index contributed by atoms with van der Waals surface area (Å²) in [6.45, 7) is 2.22. The maximum absolute atomic E-state index is 9.42. The summed E-state index contributed by atoms with van der Waals surface area (Å²) in [6.07, 6.45) is 4.21. The maximum atomic E-state index is 9.42. The summed E-state index contributed by atoms with van der Waals surface area (Å²) in [4.78, 5) is 0. The number of aryl methyl sites for hydroxylation is 1. The van der Waals surface area contributed by atoms with Gasteiger partial charge in [0.15, 0.2) is 0 Å². The van der Waals surface area contributed by atoms with Gasteiger partial charge in [0.1, 0.15) is 0 Å². The van der Waals surface area contributed by atoms with Crippen molar-refractivity contribution in [3.8, 4) is 0 Å². The second-order valence-corrected chi connectivity index (χ2v) is 4.13. The van der Waals surface area contributed by atoms with Crippen molar-refractivity contribution in [3.63, 3.8) is 0 Å². The first-order chi connectivity index (χ1) is 7.79. The molecule has 1 atom stereocenters. The Kier molecular flexibility index (Phi) is 3.42. The van der Waals surface area contributed by atoms with E-state index in [4.69, 9.17) is 4.42 Å². The molecule has 1 aromatic carbocycles. The van der Waals surface area contributed by atoms with Crippen LogP contribution in [0.2, 0.25) is 0 Å². The topological polar surface area (TPSA) is 33.4 Å². The highest BCUT2D eigenvalue weighted by molar-refractivity contribution is 5.26. The van der Waals surface area contributed by atoms with E-state index in [9.17, 15) is 5.11 Å². The molecular weight excluding hydrogens is 200 g/mol. The van der Waals surface area contributed by atoms with Crippen molar-refractivity contribution >= 4 is 0 Å². The van der Waals surface area contributed by atoms with Gasteiger partial charge in [0.2, 0.25) is 0 Å². The number of benzene rings is 1. The Bertz CT molecular complexity index is 415. The van der Waals surface area contributed by atoms with Crippen LogP contribution >= 0.6 is 0 Å². The summed E-state index contributed by atoms with van der Waals surface area (Å²) in [5.41, 5.74) is 3.54. The van der Waals surface area contributed by atoms with E-state index in [1.165, 1.54) is 11.1 Å². The molecule has 0 saturated heterocycles. The van der Waals surface area contributed by atoms with Gasteiger partial charge in [-0.3, -0.25) is 0 Å². The lowest BCUT2D eigenvalue weighted by atomic mass is 9.93. The van der Waals surface area contributed by atoms with Crippen molar-refractivity contribution in [3.05, 3.63) is 59.5 Å². The van der Waals surface area contributed by atoms with Gasteiger partial charge in [-0.1, -0.05) is 29.8 Å². The van der Waals surface area contributed by atoms with E-state index < -0.39 is 0 Å². The van der Waals surface area contributed by atoms with Crippen molar-refractivity contribution in [2.45, 2.75) is 19.3 Å². The smallest absolute Gasteiger partial charge is 0.0934 e. The number of hydrogen-bond acceptors (Lipinski definition) is 2. The molecule has 0 radical (unpaired) electrons. The molecule has 0 aliphatic heterocycles. The molecule has 0 aliphatic rings. The number of aliphatic hydroxyl groups is 1. The summed E-state index contributed by atoms with van der Waals surface area (Å²) in [5, 5.41) is 9.42. The SMILES string of the molecule is Cc1ccc(C(CO)Cc2ccoc2)cc1. The Morgan fingerprint density at radius 1 is 1.19 bits per heavy atom. The maximum Gasteiger partial charge on any atom is 0.0934 e. The van der Waals surface area contributed by atoms with Crippen LogP contribution in [0.25, 0.3) is 0 Å². The molecule has 2 rings (SSSR count). The molecule has 2 nitrogen and oxygen atoms in total. The molecule has 0 spiro atoms. The van der Waals surface area contributed by atoms with Crippen LogP contribution in [0, 0.1) is 6.92 Å². The Morgan fingerprint density at radius 3 is 2.50 bits per heavy atom. The van der Waals surface area contributed by atoms with E-state index in [1.54, 1.807) is 12.5 Å². The van der Waals surface area contributed by atoms with Gasteiger partial charge in [-0.05, 0) is 30.5 Å². The third kappa shape index (κ3) is 2.52. The average Bonchev–Trinajstić information content (AvgIpc) is 2.80. The monoisotopic (exact) mass is 216 g/mol. The molecule has 16 heavy (non-hydrogen) atoms. The fraction of sp³-hybridized carbons (Fsp3) is 0.286. The number of hydrogen-bond donors (Lipinski definition) is 1. The third-order valence-corrected chi connectivity index (χ3v) is 2.83. The zero-order valence-corrected chi connectivity index (χ0v) is 9.39. The van der Waals surface area contributed by atoms with Gasteiger partial charge in [-0.15, -0.1) is 0 Å². The van der Waals surface area contributed by atoms with Gasteiger partial charge < -0.3 is 9.52 Å². The summed E-state index contributed by atoms with van der Waals surface area (Å²) in [6, 6.07) is 10.3. The van der Waals surface area contributed by atoms with Crippen LogP contribution in [-0.2, 0) is 6.42 Å². The lowest BCUT2D eigenvalue weighted by molar-refractivity contribution is 0.264. The predicted octanol–water partition coefficient (Wildman–Crippen LogP) is 2.91. The molecule has 0 fully saturated rings. The lowest BCUT2D eigenvalue weighted by Crippen LogP contribution is -2.07. The molecule has 1 unspecified atom stereocenters. The zero-order chi connectivity index (χ0) is 11.4. The molecular formula is C14H16O2. The lowest BCUT2D eigenvalue weighted by Gasteiger charge is -2.13. The number of furan rings is 1. The van der Waals surface area contributed by atoms with Crippen molar-refractivity contribution in [2.75, 3.05) is 6.61 Å². The van der Waals surface area contributed by atoms with E-state index in [-0.39, 0.29) is 12.5 Å². The first-order valence-electron chi connectivity index (χ1n) is 5.48. The molecule has 0 aliphatic carbocycles. The summed E-state index contributed by atoms with van der Waals surface area (Å²) >= 11 is 0. The van der Waals surface area contributed by atoms with Crippen molar-refractivity contribution in [1.29, 1.82) is 0 Å². The van der Waals surface area contributed by atoms with Crippen LogP contribution in [0.1, 0.15) is 22.6 Å². The van der Waals surface area contributed by atoms with E-state index in [0.717, 1.165) is 12.0 Å². The Labute approximate surface area is 95.5 Å². The van der Waals surface area contributed by atoms with Crippen LogP contribution in [0.5, 0.6) is 0 Å². The highest BCUT2D eigenvalue weighted by atomic mass is 16.3. The summed E-state index contributed by atoms with van der Waals surface area (Å²) < 4.78 is 5.03. The van der Waals surface area contributed by atoms with Gasteiger partial charge in [0, 0.05) is 5.92 Å². The second kappa shape index (κ2) is 4.99. The Hall–Kier alpha value is -1.54. The van der Waals surface area contributed by atoms with Gasteiger partial charge >= 0.3 is 0 Å². The average molecular weight is 216 g/mol. The second-order valence-electron chi connectivity index (χ2n) is 4.13. The zero-order valence-electron chi connectivity index (χ0n) is 9.39. The minimum absolute atomic E-state index is 0.151. The number of rotatable bonds is 4. The Balaban J connectivity index is 2.13. The highest BCUT2D eigenvalue weighted by Gasteiger charge is 2.11. The molecule has 2 heteroatoms. The molecule has 1 aromatic heterocycles. The third-order valence-electron chi connectivity index (χ3n) is 2.83. The van der Waals surface area contributed by atoms with Gasteiger partial charge in [0.05, 0.1) is 19.1 Å². The molecule has 0 saturated carbocycles. The minimum Gasteiger partial charge on any atom is -0.472 e. The first kappa shape index (κ1) is 11.0. The van der Waals surface area contributed by atoms with Gasteiger partial charge in [-0.2, -0.15) is 0 Å². The molecule has 0 amide bonds. The largest absolute Gasteiger partial charge is 0.472 e. The molecule has 84 valence electrons. The fourth-order valence-electron chi connectivity index (χ4n) is 1.82. The van der Waals surface area contributed by atoms with Crippen molar-refractivity contribution in [1.82, 2.24) is 0 Å². The quantitative estimate of drug-likeness (QED) is 0.852. The van der Waals surface area contributed by atoms with E-state index >= 15 is 0 Å². The van der Waals surface area contributed by atoms with Gasteiger partial charge in [-0.25, -0.2) is 0 Å². The summed E-state index contributed by atoms with van der Waals surface area (Å²) in [7, 11) is 0. The van der Waals surface area contributed by atoms with Crippen molar-refractivity contribution in [2.24, 2.45) is 0 Å². The van der Waals surface area contributed by atoms with Gasteiger partial charge in [0.25, 0.3) is 0 Å².